The summed E-state index contributed by atoms with van der Waals surface area (Å²) in [4.78, 5) is 16.7. The first-order valence-corrected chi connectivity index (χ1v) is 8.11. The molecule has 24 heavy (non-hydrogen) atoms. The smallest absolute Gasteiger partial charge is 0.279 e. The Kier molecular flexibility index (Phi) is 3.27. The highest BCUT2D eigenvalue weighted by molar-refractivity contribution is 6.24. The Bertz CT molecular complexity index is 1090. The Hall–Kier alpha value is -2.88. The monoisotopic (exact) mass is 318 g/mol. The maximum Gasteiger partial charge on any atom is 0.279 e. The average molecular weight is 318 g/mol. The molecule has 2 aromatic carbocycles. The van der Waals surface area contributed by atoms with Crippen molar-refractivity contribution in [3.05, 3.63) is 64.7 Å². The first kappa shape index (κ1) is 14.7. The number of aromatic nitrogens is 1. The molecule has 3 aromatic rings. The van der Waals surface area contributed by atoms with Crippen LogP contribution in [0.3, 0.4) is 0 Å². The summed E-state index contributed by atoms with van der Waals surface area (Å²) in [6, 6.07) is 15.2. The van der Waals surface area contributed by atoms with Crippen molar-refractivity contribution >= 4 is 22.4 Å². The Labute approximate surface area is 139 Å². The van der Waals surface area contributed by atoms with E-state index in [0.29, 0.717) is 29.0 Å². The minimum atomic E-state index is -0.293. The minimum Gasteiger partial charge on any atom is -0.494 e. The fourth-order valence-corrected chi connectivity index (χ4v) is 3.39. The molecule has 1 aliphatic heterocycles. The summed E-state index contributed by atoms with van der Waals surface area (Å²) in [5.74, 6) is 0.222. The predicted octanol–water partition coefficient (Wildman–Crippen LogP) is 2.36. The number of carbonyl (C=O) groups excluding carboxylic acids is 1. The minimum absolute atomic E-state index is 0.139. The molecule has 0 aliphatic carbocycles. The van der Waals surface area contributed by atoms with Crippen LogP contribution < -0.4 is 10.6 Å². The van der Waals surface area contributed by atoms with Crippen molar-refractivity contribution in [2.24, 2.45) is 10.9 Å². The molecular formula is C20H18N2O2. The van der Waals surface area contributed by atoms with E-state index in [4.69, 9.17) is 0 Å². The summed E-state index contributed by atoms with van der Waals surface area (Å²) in [7, 11) is 0. The van der Waals surface area contributed by atoms with Crippen LogP contribution in [0.25, 0.3) is 16.5 Å². The van der Waals surface area contributed by atoms with Gasteiger partial charge in [-0.15, -0.1) is 0 Å². The number of rotatable bonds is 3. The van der Waals surface area contributed by atoms with Gasteiger partial charge in [0.05, 0.1) is 22.0 Å². The second-order valence-electron chi connectivity index (χ2n) is 6.53. The number of para-hydroxylation sites is 2. The van der Waals surface area contributed by atoms with Gasteiger partial charge in [0.25, 0.3) is 5.91 Å². The van der Waals surface area contributed by atoms with E-state index in [1.54, 1.807) is 0 Å². The highest BCUT2D eigenvalue weighted by Crippen LogP contribution is 2.36. The van der Waals surface area contributed by atoms with Crippen molar-refractivity contribution in [1.82, 2.24) is 4.57 Å². The third-order valence-corrected chi connectivity index (χ3v) is 4.35. The molecule has 0 saturated heterocycles. The molecule has 4 heteroatoms. The largest absolute Gasteiger partial charge is 0.494 e. The molecule has 0 fully saturated rings. The summed E-state index contributed by atoms with van der Waals surface area (Å²) in [6.07, 6.45) is 0. The summed E-state index contributed by atoms with van der Waals surface area (Å²) >= 11 is 0. The molecule has 0 spiro atoms. The summed E-state index contributed by atoms with van der Waals surface area (Å²) in [5.41, 5.74) is 2.01. The van der Waals surface area contributed by atoms with E-state index in [2.05, 4.69) is 18.8 Å². The topological polar surface area (TPSA) is 54.6 Å². The van der Waals surface area contributed by atoms with E-state index in [9.17, 15) is 9.90 Å². The lowest BCUT2D eigenvalue weighted by molar-refractivity contribution is -0.112. The quantitative estimate of drug-likeness (QED) is 0.806. The van der Waals surface area contributed by atoms with Gasteiger partial charge in [-0.05, 0) is 18.1 Å². The zero-order valence-electron chi connectivity index (χ0n) is 13.7. The Balaban J connectivity index is 2.12. The lowest BCUT2D eigenvalue weighted by atomic mass is 10.0. The van der Waals surface area contributed by atoms with Crippen molar-refractivity contribution in [3.8, 4) is 5.88 Å². The number of aromatic hydroxyl groups is 1. The van der Waals surface area contributed by atoms with Gasteiger partial charge in [-0.2, -0.15) is 0 Å². The van der Waals surface area contributed by atoms with Crippen LogP contribution in [0, 0.1) is 5.92 Å². The molecule has 4 rings (SSSR count). The van der Waals surface area contributed by atoms with Crippen molar-refractivity contribution in [3.63, 3.8) is 0 Å². The number of hydrogen-bond acceptors (Lipinski definition) is 2. The highest BCUT2D eigenvalue weighted by atomic mass is 16.3. The number of benzene rings is 2. The molecule has 1 aromatic heterocycles. The van der Waals surface area contributed by atoms with Crippen LogP contribution in [0.2, 0.25) is 0 Å². The third kappa shape index (κ3) is 2.07. The number of hydrogen-bond donors (Lipinski definition) is 1. The zero-order valence-corrected chi connectivity index (χ0v) is 13.7. The van der Waals surface area contributed by atoms with Gasteiger partial charge in [0.2, 0.25) is 0 Å². The van der Waals surface area contributed by atoms with Crippen LogP contribution in [0.5, 0.6) is 5.88 Å². The molecule has 0 atom stereocenters. The van der Waals surface area contributed by atoms with Crippen molar-refractivity contribution < 1.29 is 9.90 Å². The van der Waals surface area contributed by atoms with Crippen LogP contribution >= 0.6 is 0 Å². The molecule has 1 aliphatic rings. The first-order chi connectivity index (χ1) is 11.6. The fraction of sp³-hybridized carbons (Fsp3) is 0.200. The molecule has 120 valence electrons. The second-order valence-corrected chi connectivity index (χ2v) is 6.53. The lowest BCUT2D eigenvalue weighted by Crippen LogP contribution is -2.22. The standard InChI is InChI=1S/C20H18N2O2/c1-12(2)11-22-16-10-6-4-8-14(16)18(20(22)24)17-13-7-3-5-9-15(13)21-19(17)23/h3-10,12,24H,11H2,1-2H3. The molecular weight excluding hydrogens is 300 g/mol. The molecule has 0 bridgehead atoms. The van der Waals surface area contributed by atoms with Crippen LogP contribution in [0.1, 0.15) is 19.4 Å². The van der Waals surface area contributed by atoms with E-state index in [1.807, 2.05) is 53.1 Å². The number of nitrogens with zero attached hydrogens (tertiary/aromatic N) is 2. The van der Waals surface area contributed by atoms with E-state index < -0.39 is 0 Å². The van der Waals surface area contributed by atoms with Crippen LogP contribution in [0.4, 0.5) is 0 Å². The number of amides is 1. The molecule has 4 nitrogen and oxygen atoms in total. The zero-order chi connectivity index (χ0) is 16.8. The highest BCUT2D eigenvalue weighted by Gasteiger charge is 2.27. The van der Waals surface area contributed by atoms with E-state index in [0.717, 1.165) is 16.1 Å². The molecule has 0 saturated carbocycles. The molecule has 1 amide bonds. The van der Waals surface area contributed by atoms with Gasteiger partial charge < -0.3 is 9.67 Å². The number of carbonyl (C=O) groups is 1. The fourth-order valence-electron chi connectivity index (χ4n) is 3.39. The van der Waals surface area contributed by atoms with E-state index in [1.165, 1.54) is 0 Å². The molecule has 0 unspecified atom stereocenters. The van der Waals surface area contributed by atoms with Gasteiger partial charge in [0.15, 0.2) is 5.88 Å². The van der Waals surface area contributed by atoms with Crippen LogP contribution in [-0.2, 0) is 11.3 Å². The summed E-state index contributed by atoms with van der Waals surface area (Å²) in [5, 5.41) is 13.2. The third-order valence-electron chi connectivity index (χ3n) is 4.35. The van der Waals surface area contributed by atoms with Gasteiger partial charge in [-0.25, -0.2) is 4.99 Å². The summed E-state index contributed by atoms with van der Waals surface area (Å²) < 4.78 is 1.89. The molecule has 2 heterocycles. The normalized spacial score (nSPS) is 13.6. The molecule has 0 radical (unpaired) electrons. The van der Waals surface area contributed by atoms with Gasteiger partial charge in [-0.1, -0.05) is 50.2 Å². The van der Waals surface area contributed by atoms with E-state index >= 15 is 0 Å². The van der Waals surface area contributed by atoms with Crippen LogP contribution in [-0.4, -0.2) is 15.6 Å². The maximum atomic E-state index is 12.5. The van der Waals surface area contributed by atoms with Gasteiger partial charge >= 0.3 is 0 Å². The number of fused-ring (bicyclic) bond motifs is 2. The van der Waals surface area contributed by atoms with Gasteiger partial charge in [0.1, 0.15) is 0 Å². The first-order valence-electron chi connectivity index (χ1n) is 8.11. The van der Waals surface area contributed by atoms with Gasteiger partial charge in [-0.3, -0.25) is 4.79 Å². The Morgan fingerprint density at radius 1 is 1.08 bits per heavy atom. The van der Waals surface area contributed by atoms with Crippen molar-refractivity contribution in [2.45, 2.75) is 20.4 Å². The maximum absolute atomic E-state index is 12.5. The second kappa shape index (κ2) is 5.34. The van der Waals surface area contributed by atoms with Crippen LogP contribution in [0.15, 0.2) is 53.5 Å². The predicted molar refractivity (Wildman–Crippen MR) is 93.2 cm³/mol. The molecule has 1 N–H and O–H groups in total. The summed E-state index contributed by atoms with van der Waals surface area (Å²) in [6.45, 7) is 4.89. The lowest BCUT2D eigenvalue weighted by Gasteiger charge is -2.10. The van der Waals surface area contributed by atoms with Gasteiger partial charge in [0, 0.05) is 17.1 Å². The Morgan fingerprint density at radius 3 is 2.58 bits per heavy atom. The van der Waals surface area contributed by atoms with E-state index in [-0.39, 0.29) is 11.8 Å². The Morgan fingerprint density at radius 2 is 1.79 bits per heavy atom. The average Bonchev–Trinajstić information content (AvgIpc) is 3.02. The SMILES string of the molecule is CC(C)Cn1c(O)c(C2=c3ccccc3=NC2=O)c2ccccc21. The van der Waals surface area contributed by atoms with Crippen molar-refractivity contribution in [1.29, 1.82) is 0 Å². The van der Waals surface area contributed by atoms with Crippen molar-refractivity contribution in [2.75, 3.05) is 0 Å².